The van der Waals surface area contributed by atoms with E-state index < -0.39 is 10.0 Å². The van der Waals surface area contributed by atoms with Gasteiger partial charge in [-0.2, -0.15) is 5.10 Å². The van der Waals surface area contributed by atoms with E-state index in [0.717, 1.165) is 22.4 Å². The minimum Gasteiger partial charge on any atom is -0.482 e. The molecule has 1 aromatic heterocycles. The van der Waals surface area contributed by atoms with Crippen molar-refractivity contribution in [2.75, 3.05) is 24.2 Å². The molecule has 8 nitrogen and oxygen atoms in total. The zero-order chi connectivity index (χ0) is 22.9. The summed E-state index contributed by atoms with van der Waals surface area (Å²) < 4.78 is 46.9. The molecule has 0 bridgehead atoms. The van der Waals surface area contributed by atoms with Gasteiger partial charge in [0.1, 0.15) is 11.6 Å². The number of amides is 1. The summed E-state index contributed by atoms with van der Waals surface area (Å²) in [5, 5.41) is 7.43. The Balaban J connectivity index is 1.78. The molecule has 0 saturated heterocycles. The highest BCUT2D eigenvalue weighted by molar-refractivity contribution is 7.89. The van der Waals surface area contributed by atoms with E-state index in [4.69, 9.17) is 4.74 Å². The van der Waals surface area contributed by atoms with E-state index >= 15 is 0 Å². The van der Waals surface area contributed by atoms with Gasteiger partial charge < -0.3 is 10.1 Å². The lowest BCUT2D eigenvalue weighted by atomic mass is 9.98. The smallest absolute Gasteiger partial charge is 0.262 e. The molecule has 2 heterocycles. The number of benzene rings is 2. The van der Waals surface area contributed by atoms with Crippen LogP contribution in [0.25, 0.3) is 22.4 Å². The Hall–Kier alpha value is -3.24. The molecule has 0 radical (unpaired) electrons. The van der Waals surface area contributed by atoms with Gasteiger partial charge >= 0.3 is 0 Å². The monoisotopic (exact) mass is 458 g/mol. The maximum absolute atomic E-state index is 13.6. The van der Waals surface area contributed by atoms with Crippen molar-refractivity contribution >= 4 is 21.6 Å². The molecule has 1 aliphatic rings. The number of hydrogen-bond acceptors (Lipinski definition) is 5. The number of hydrogen-bond donors (Lipinski definition) is 2. The zero-order valence-corrected chi connectivity index (χ0v) is 18.5. The maximum atomic E-state index is 13.6. The average Bonchev–Trinajstić information content (AvgIpc) is 3.09. The minimum atomic E-state index is -3.34. The number of carbonyl (C=O) groups is 1. The fraction of sp³-hybridized carbons (Fsp3) is 0.273. The molecule has 2 N–H and O–H groups in total. The largest absolute Gasteiger partial charge is 0.482 e. The van der Waals surface area contributed by atoms with E-state index in [1.807, 2.05) is 19.1 Å². The van der Waals surface area contributed by atoms with Crippen molar-refractivity contribution in [3.8, 4) is 28.1 Å². The molecule has 32 heavy (non-hydrogen) atoms. The molecule has 0 spiro atoms. The van der Waals surface area contributed by atoms with Crippen LogP contribution >= 0.6 is 0 Å². The number of aromatic nitrogens is 2. The van der Waals surface area contributed by atoms with Gasteiger partial charge in [0.25, 0.3) is 5.91 Å². The standard InChI is InChI=1S/C22H23FN4O4S/c1-3-32(29,30)24-10-11-27-22(15-4-7-17(23)8-5-15)21(14(2)26-27)16-6-9-19-18(12-16)25-20(28)13-31-19/h4-9,12,24H,3,10-11,13H2,1-2H3,(H,25,28). The third kappa shape index (κ3) is 4.51. The summed E-state index contributed by atoms with van der Waals surface area (Å²) in [5.41, 5.74) is 4.33. The molecule has 10 heteroatoms. The fourth-order valence-corrected chi connectivity index (χ4v) is 4.24. The lowest BCUT2D eigenvalue weighted by Crippen LogP contribution is -2.29. The van der Waals surface area contributed by atoms with Gasteiger partial charge in [0, 0.05) is 17.7 Å². The molecule has 0 unspecified atom stereocenters. The molecular formula is C22H23FN4O4S. The molecule has 1 amide bonds. The van der Waals surface area contributed by atoms with Crippen LogP contribution in [0.1, 0.15) is 12.6 Å². The Morgan fingerprint density at radius 1 is 1.19 bits per heavy atom. The Bertz CT molecular complexity index is 1270. The van der Waals surface area contributed by atoms with Crippen molar-refractivity contribution in [2.45, 2.75) is 20.4 Å². The lowest BCUT2D eigenvalue weighted by molar-refractivity contribution is -0.118. The van der Waals surface area contributed by atoms with E-state index in [9.17, 15) is 17.6 Å². The molecule has 0 saturated carbocycles. The van der Waals surface area contributed by atoms with Crippen LogP contribution in [-0.2, 0) is 21.4 Å². The molecule has 0 aliphatic carbocycles. The normalized spacial score (nSPS) is 13.4. The van der Waals surface area contributed by atoms with Crippen LogP contribution in [0.2, 0.25) is 0 Å². The number of anilines is 1. The molecule has 3 aromatic rings. The van der Waals surface area contributed by atoms with Crippen LogP contribution in [-0.4, -0.2) is 43.0 Å². The minimum absolute atomic E-state index is 0.00980. The Morgan fingerprint density at radius 2 is 1.91 bits per heavy atom. The highest BCUT2D eigenvalue weighted by Crippen LogP contribution is 2.39. The highest BCUT2D eigenvalue weighted by atomic mass is 32.2. The third-order valence-corrected chi connectivity index (χ3v) is 6.58. The first kappa shape index (κ1) is 22.0. The summed E-state index contributed by atoms with van der Waals surface area (Å²) >= 11 is 0. The zero-order valence-electron chi connectivity index (χ0n) is 17.7. The molecule has 2 aromatic carbocycles. The quantitative estimate of drug-likeness (QED) is 0.567. The van der Waals surface area contributed by atoms with Crippen molar-refractivity contribution in [1.29, 1.82) is 0 Å². The first-order valence-electron chi connectivity index (χ1n) is 10.1. The summed E-state index contributed by atoms with van der Waals surface area (Å²) in [6, 6.07) is 11.5. The van der Waals surface area contributed by atoms with E-state index in [1.165, 1.54) is 12.1 Å². The maximum Gasteiger partial charge on any atom is 0.262 e. The lowest BCUT2D eigenvalue weighted by Gasteiger charge is -2.19. The number of aryl methyl sites for hydroxylation is 1. The van der Waals surface area contributed by atoms with Crippen molar-refractivity contribution in [3.05, 3.63) is 54.0 Å². The van der Waals surface area contributed by atoms with Gasteiger partial charge in [-0.1, -0.05) is 6.07 Å². The third-order valence-electron chi connectivity index (χ3n) is 5.17. The van der Waals surface area contributed by atoms with Crippen molar-refractivity contribution < 1.29 is 22.3 Å². The van der Waals surface area contributed by atoms with Gasteiger partial charge in [-0.25, -0.2) is 17.5 Å². The van der Waals surface area contributed by atoms with Crippen LogP contribution in [0.3, 0.4) is 0 Å². The summed E-state index contributed by atoms with van der Waals surface area (Å²) in [6.07, 6.45) is 0. The SMILES string of the molecule is CCS(=O)(=O)NCCn1nc(C)c(-c2ccc3c(c2)NC(=O)CO3)c1-c1ccc(F)cc1. The molecule has 0 atom stereocenters. The first-order valence-corrected chi connectivity index (χ1v) is 11.8. The molecular weight excluding hydrogens is 435 g/mol. The van der Waals surface area contributed by atoms with E-state index in [1.54, 1.807) is 29.8 Å². The number of ether oxygens (including phenoxy) is 1. The van der Waals surface area contributed by atoms with Gasteiger partial charge in [0.15, 0.2) is 6.61 Å². The van der Waals surface area contributed by atoms with Gasteiger partial charge in [0.2, 0.25) is 10.0 Å². The van der Waals surface area contributed by atoms with Gasteiger partial charge in [-0.3, -0.25) is 9.48 Å². The second kappa shape index (κ2) is 8.71. The Kier molecular flexibility index (Phi) is 5.98. The highest BCUT2D eigenvalue weighted by Gasteiger charge is 2.22. The number of nitrogens with zero attached hydrogens (tertiary/aromatic N) is 2. The molecule has 1 aliphatic heterocycles. The van der Waals surface area contributed by atoms with Gasteiger partial charge in [0.05, 0.1) is 29.4 Å². The predicted octanol–water partition coefficient (Wildman–Crippen LogP) is 2.93. The van der Waals surface area contributed by atoms with Crippen molar-refractivity contribution in [3.63, 3.8) is 0 Å². The average molecular weight is 459 g/mol. The summed E-state index contributed by atoms with van der Waals surface area (Å²) in [5.74, 6) is -0.0217. The van der Waals surface area contributed by atoms with Crippen LogP contribution in [0.5, 0.6) is 5.75 Å². The predicted molar refractivity (Wildman–Crippen MR) is 119 cm³/mol. The van der Waals surface area contributed by atoms with Crippen LogP contribution in [0.15, 0.2) is 42.5 Å². The Morgan fingerprint density at radius 3 is 2.62 bits per heavy atom. The second-order valence-electron chi connectivity index (χ2n) is 7.38. The number of sulfonamides is 1. The van der Waals surface area contributed by atoms with E-state index in [0.29, 0.717) is 17.1 Å². The first-order chi connectivity index (χ1) is 15.3. The number of nitrogens with one attached hydrogen (secondary N) is 2. The van der Waals surface area contributed by atoms with Crippen LogP contribution in [0.4, 0.5) is 10.1 Å². The molecule has 168 valence electrons. The molecule has 0 fully saturated rings. The number of halogens is 1. The summed E-state index contributed by atoms with van der Waals surface area (Å²) in [4.78, 5) is 11.7. The van der Waals surface area contributed by atoms with Crippen LogP contribution < -0.4 is 14.8 Å². The fourth-order valence-electron chi connectivity index (χ4n) is 3.64. The topological polar surface area (TPSA) is 102 Å². The molecule has 4 rings (SSSR count). The summed E-state index contributed by atoms with van der Waals surface area (Å²) in [7, 11) is -3.34. The number of rotatable bonds is 7. The number of carbonyl (C=O) groups excluding carboxylic acids is 1. The summed E-state index contributed by atoms with van der Waals surface area (Å²) in [6.45, 7) is 3.85. The number of fused-ring (bicyclic) bond motifs is 1. The van der Waals surface area contributed by atoms with Crippen molar-refractivity contribution in [2.24, 2.45) is 0 Å². The van der Waals surface area contributed by atoms with E-state index in [-0.39, 0.29) is 37.2 Å². The Labute approximate surface area is 185 Å². The van der Waals surface area contributed by atoms with Gasteiger partial charge in [-0.05, 0) is 55.8 Å². The van der Waals surface area contributed by atoms with E-state index in [2.05, 4.69) is 15.1 Å². The van der Waals surface area contributed by atoms with Crippen molar-refractivity contribution in [1.82, 2.24) is 14.5 Å². The van der Waals surface area contributed by atoms with Gasteiger partial charge in [-0.15, -0.1) is 0 Å². The second-order valence-corrected chi connectivity index (χ2v) is 9.48. The van der Waals surface area contributed by atoms with Crippen LogP contribution in [0, 0.1) is 12.7 Å².